The molecule has 0 unspecified atom stereocenters. The van der Waals surface area contributed by atoms with Crippen LogP contribution in [0, 0.1) is 5.92 Å². The Balaban J connectivity index is 1.29. The number of hydrogen-bond donors (Lipinski definition) is 4. The number of piperidine rings is 1. The van der Waals surface area contributed by atoms with E-state index >= 15 is 0 Å². The van der Waals surface area contributed by atoms with E-state index in [0.717, 1.165) is 37.7 Å². The second kappa shape index (κ2) is 13.6. The molecule has 5 rings (SSSR count). The van der Waals surface area contributed by atoms with E-state index in [2.05, 4.69) is 36.3 Å². The SMILES string of the molecule is CCc1cc(Nc2nccn3c(-c4cn(CC(F)F)nc4C(F)(F)F)cnc23)ccc1C(=O)NCCNC(=O)C1CCNCC1. The highest BCUT2D eigenvalue weighted by atomic mass is 19.4. The van der Waals surface area contributed by atoms with Crippen molar-refractivity contribution in [2.75, 3.05) is 31.5 Å². The molecular formula is C29H32F5N9O2. The molecule has 0 bridgehead atoms. The molecule has 0 saturated carbocycles. The lowest BCUT2D eigenvalue weighted by Gasteiger charge is -2.21. The van der Waals surface area contributed by atoms with Crippen LogP contribution in [0.25, 0.3) is 16.9 Å². The van der Waals surface area contributed by atoms with Gasteiger partial charge in [0, 0.05) is 48.8 Å². The Morgan fingerprint density at radius 1 is 1.11 bits per heavy atom. The molecule has 240 valence electrons. The van der Waals surface area contributed by atoms with Crippen LogP contribution in [0.15, 0.2) is 43.0 Å². The van der Waals surface area contributed by atoms with Gasteiger partial charge in [-0.25, -0.2) is 18.7 Å². The second-order valence-corrected chi connectivity index (χ2v) is 10.5. The molecule has 45 heavy (non-hydrogen) atoms. The molecule has 4 aromatic rings. The lowest BCUT2D eigenvalue weighted by atomic mass is 9.97. The Morgan fingerprint density at radius 3 is 2.58 bits per heavy atom. The van der Waals surface area contributed by atoms with Crippen LogP contribution in [0.5, 0.6) is 0 Å². The number of benzene rings is 1. The van der Waals surface area contributed by atoms with Gasteiger partial charge in [-0.2, -0.15) is 18.3 Å². The normalized spacial score (nSPS) is 14.2. The number of aryl methyl sites for hydroxylation is 1. The van der Waals surface area contributed by atoms with Crippen molar-refractivity contribution >= 4 is 29.0 Å². The zero-order chi connectivity index (χ0) is 32.1. The van der Waals surface area contributed by atoms with Crippen LogP contribution in [-0.4, -0.2) is 68.6 Å². The molecule has 1 fully saturated rings. The molecule has 0 radical (unpaired) electrons. The molecule has 3 aromatic heterocycles. The largest absolute Gasteiger partial charge is 0.435 e. The van der Waals surface area contributed by atoms with Crippen molar-refractivity contribution in [1.82, 2.24) is 40.1 Å². The fraction of sp³-hybridized carbons (Fsp3) is 0.414. The zero-order valence-electron chi connectivity index (χ0n) is 24.3. The maximum Gasteiger partial charge on any atom is 0.435 e. The van der Waals surface area contributed by atoms with E-state index < -0.39 is 30.4 Å². The number of carbonyl (C=O) groups is 2. The van der Waals surface area contributed by atoms with Crippen molar-refractivity contribution in [2.24, 2.45) is 5.92 Å². The van der Waals surface area contributed by atoms with Crippen molar-refractivity contribution in [2.45, 2.75) is 45.3 Å². The summed E-state index contributed by atoms with van der Waals surface area (Å²) in [5.41, 5.74) is 0.230. The molecule has 1 aromatic carbocycles. The first kappa shape index (κ1) is 31.8. The van der Waals surface area contributed by atoms with Crippen LogP contribution in [0.1, 0.15) is 41.4 Å². The minimum Gasteiger partial charge on any atom is -0.354 e. The number of carbonyl (C=O) groups excluding carboxylic acids is 2. The third kappa shape index (κ3) is 7.38. The van der Waals surface area contributed by atoms with E-state index in [-0.39, 0.29) is 41.4 Å². The summed E-state index contributed by atoms with van der Waals surface area (Å²) in [6.07, 6.45) is -0.769. The molecule has 2 amide bonds. The maximum atomic E-state index is 13.7. The number of nitrogens with one attached hydrogen (secondary N) is 4. The summed E-state index contributed by atoms with van der Waals surface area (Å²) in [7, 11) is 0. The van der Waals surface area contributed by atoms with Gasteiger partial charge in [-0.3, -0.25) is 18.7 Å². The standard InChI is InChI=1S/C29H32F5N9O2/c1-2-17-13-19(3-4-20(17)28(45)38-10-9-37-27(44)18-5-7-35-8-6-18)40-25-26-39-14-22(43(26)12-11-36-25)21-15-42(16-23(30)31)41-24(21)29(32,33)34/h3-4,11-15,18,23,35H,2,5-10,16H2,1H3,(H,36,40)(H,37,44)(H,38,45). The number of halogens is 5. The third-order valence-electron chi connectivity index (χ3n) is 7.47. The first-order valence-corrected chi connectivity index (χ1v) is 14.5. The van der Waals surface area contributed by atoms with Crippen LogP contribution in [0.4, 0.5) is 33.5 Å². The molecule has 0 spiro atoms. The third-order valence-corrected chi connectivity index (χ3v) is 7.47. The number of fused-ring (bicyclic) bond motifs is 1. The van der Waals surface area contributed by atoms with Crippen LogP contribution in [0.3, 0.4) is 0 Å². The van der Waals surface area contributed by atoms with Crippen LogP contribution in [0.2, 0.25) is 0 Å². The molecule has 11 nitrogen and oxygen atoms in total. The van der Waals surface area contributed by atoms with Gasteiger partial charge in [0.05, 0.1) is 17.5 Å². The monoisotopic (exact) mass is 633 g/mol. The number of hydrogen-bond acceptors (Lipinski definition) is 7. The first-order chi connectivity index (χ1) is 21.5. The molecular weight excluding hydrogens is 601 g/mol. The van der Waals surface area contributed by atoms with Gasteiger partial charge in [-0.1, -0.05) is 6.92 Å². The van der Waals surface area contributed by atoms with E-state index in [1.165, 1.54) is 23.0 Å². The summed E-state index contributed by atoms with van der Waals surface area (Å²) < 4.78 is 68.9. The van der Waals surface area contributed by atoms with E-state index in [9.17, 15) is 31.5 Å². The number of imidazole rings is 1. The van der Waals surface area contributed by atoms with Crippen molar-refractivity contribution in [3.8, 4) is 11.3 Å². The Bertz CT molecular complexity index is 1660. The van der Waals surface area contributed by atoms with Crippen LogP contribution in [-0.2, 0) is 23.9 Å². The topological polar surface area (TPSA) is 130 Å². The van der Waals surface area contributed by atoms with Gasteiger partial charge < -0.3 is 21.3 Å². The highest BCUT2D eigenvalue weighted by Crippen LogP contribution is 2.37. The average Bonchev–Trinajstić information content (AvgIpc) is 3.64. The highest BCUT2D eigenvalue weighted by Gasteiger charge is 2.38. The van der Waals surface area contributed by atoms with Crippen molar-refractivity contribution in [3.63, 3.8) is 0 Å². The predicted molar refractivity (Wildman–Crippen MR) is 155 cm³/mol. The summed E-state index contributed by atoms with van der Waals surface area (Å²) in [5, 5.41) is 15.4. The average molecular weight is 634 g/mol. The molecule has 0 aliphatic carbocycles. The number of alkyl halides is 5. The molecule has 0 atom stereocenters. The van der Waals surface area contributed by atoms with E-state index in [4.69, 9.17) is 0 Å². The van der Waals surface area contributed by atoms with E-state index in [0.29, 0.717) is 28.9 Å². The van der Waals surface area contributed by atoms with Gasteiger partial charge in [0.15, 0.2) is 17.2 Å². The molecule has 1 aliphatic rings. The summed E-state index contributed by atoms with van der Waals surface area (Å²) in [5.74, 6) is -0.0929. The maximum absolute atomic E-state index is 13.7. The van der Waals surface area contributed by atoms with Crippen molar-refractivity contribution in [1.29, 1.82) is 0 Å². The van der Waals surface area contributed by atoms with Crippen molar-refractivity contribution in [3.05, 3.63) is 59.8 Å². The molecule has 4 heterocycles. The number of anilines is 2. The summed E-state index contributed by atoms with van der Waals surface area (Å²) >= 11 is 0. The number of aromatic nitrogens is 5. The fourth-order valence-corrected chi connectivity index (χ4v) is 5.27. The van der Waals surface area contributed by atoms with Gasteiger partial charge in [0.25, 0.3) is 12.3 Å². The highest BCUT2D eigenvalue weighted by molar-refractivity contribution is 5.96. The van der Waals surface area contributed by atoms with Crippen LogP contribution < -0.4 is 21.3 Å². The second-order valence-electron chi connectivity index (χ2n) is 10.5. The summed E-state index contributed by atoms with van der Waals surface area (Å²) in [4.78, 5) is 33.7. The summed E-state index contributed by atoms with van der Waals surface area (Å²) in [6, 6.07) is 5.07. The van der Waals surface area contributed by atoms with E-state index in [1.807, 2.05) is 6.92 Å². The minimum atomic E-state index is -4.88. The van der Waals surface area contributed by atoms with Crippen molar-refractivity contribution < 1.29 is 31.5 Å². The van der Waals surface area contributed by atoms with E-state index in [1.54, 1.807) is 18.2 Å². The van der Waals surface area contributed by atoms with Gasteiger partial charge in [0.2, 0.25) is 5.91 Å². The smallest absolute Gasteiger partial charge is 0.354 e. The molecule has 1 aliphatic heterocycles. The Labute approximate surface area is 254 Å². The van der Waals surface area contributed by atoms with Crippen LogP contribution >= 0.6 is 0 Å². The molecule has 16 heteroatoms. The summed E-state index contributed by atoms with van der Waals surface area (Å²) in [6.45, 7) is 3.11. The first-order valence-electron chi connectivity index (χ1n) is 14.5. The Hall–Kier alpha value is -4.60. The molecule has 4 N–H and O–H groups in total. The van der Waals surface area contributed by atoms with Gasteiger partial charge >= 0.3 is 6.18 Å². The lowest BCUT2D eigenvalue weighted by Crippen LogP contribution is -2.41. The van der Waals surface area contributed by atoms with Gasteiger partial charge in [-0.15, -0.1) is 0 Å². The quantitative estimate of drug-likeness (QED) is 0.145. The Morgan fingerprint density at radius 2 is 1.87 bits per heavy atom. The zero-order valence-corrected chi connectivity index (χ0v) is 24.3. The van der Waals surface area contributed by atoms with Gasteiger partial charge in [0.1, 0.15) is 6.54 Å². The lowest BCUT2D eigenvalue weighted by molar-refractivity contribution is -0.141. The number of amides is 2. The molecule has 1 saturated heterocycles. The van der Waals surface area contributed by atoms with Gasteiger partial charge in [-0.05, 0) is 56.1 Å². The Kier molecular flexibility index (Phi) is 9.60. The number of rotatable bonds is 11. The predicted octanol–water partition coefficient (Wildman–Crippen LogP) is 4.03. The fourth-order valence-electron chi connectivity index (χ4n) is 5.27. The number of nitrogens with zero attached hydrogens (tertiary/aromatic N) is 5. The minimum absolute atomic E-state index is 0.00324.